The molecule has 1 aliphatic carbocycles. The highest BCUT2D eigenvalue weighted by Gasteiger charge is 2.34. The first-order valence-electron chi connectivity index (χ1n) is 6.84. The van der Waals surface area contributed by atoms with Crippen LogP contribution < -0.4 is 11.1 Å². The van der Waals surface area contributed by atoms with Crippen LogP contribution in [-0.4, -0.2) is 38.5 Å². The molecule has 0 saturated heterocycles. The number of carbonyl (C=O) groups is 1. The summed E-state index contributed by atoms with van der Waals surface area (Å²) in [7, 11) is -3.00. The SMILES string of the molecule is CCS(=O)(=O)CCNc1sc(C(=O)C2CC2)c(N)c1SC. The zero-order valence-electron chi connectivity index (χ0n) is 12.1. The van der Waals surface area contributed by atoms with Crippen LogP contribution in [0.2, 0.25) is 0 Å². The van der Waals surface area contributed by atoms with Crippen molar-refractivity contribution >= 4 is 49.4 Å². The highest BCUT2D eigenvalue weighted by atomic mass is 32.2. The minimum Gasteiger partial charge on any atom is -0.396 e. The van der Waals surface area contributed by atoms with Gasteiger partial charge in [0.2, 0.25) is 0 Å². The van der Waals surface area contributed by atoms with E-state index in [1.165, 1.54) is 23.1 Å². The third-order valence-corrected chi connectivity index (χ3v) is 7.26. The minimum atomic E-state index is -3.00. The van der Waals surface area contributed by atoms with Crippen molar-refractivity contribution in [3.63, 3.8) is 0 Å². The number of nitrogens with two attached hydrogens (primary N) is 1. The first-order chi connectivity index (χ1) is 9.89. The Morgan fingerprint density at radius 2 is 2.14 bits per heavy atom. The fourth-order valence-corrected chi connectivity index (χ4v) is 4.71. The number of anilines is 2. The average Bonchev–Trinajstić information content (AvgIpc) is 3.24. The van der Waals surface area contributed by atoms with E-state index >= 15 is 0 Å². The molecular weight excluding hydrogens is 328 g/mol. The molecule has 118 valence electrons. The lowest BCUT2D eigenvalue weighted by molar-refractivity contribution is 0.0972. The number of thiophene rings is 1. The third kappa shape index (κ3) is 3.92. The molecule has 0 bridgehead atoms. The molecule has 1 fully saturated rings. The Morgan fingerprint density at radius 1 is 1.48 bits per heavy atom. The molecule has 3 N–H and O–H groups in total. The van der Waals surface area contributed by atoms with Gasteiger partial charge in [0.05, 0.1) is 21.2 Å². The number of sulfone groups is 1. The van der Waals surface area contributed by atoms with Gasteiger partial charge in [-0.05, 0) is 19.1 Å². The van der Waals surface area contributed by atoms with Crippen LogP contribution in [0.5, 0.6) is 0 Å². The molecule has 0 amide bonds. The van der Waals surface area contributed by atoms with Crippen LogP contribution in [0.15, 0.2) is 4.90 Å². The fourth-order valence-electron chi connectivity index (χ4n) is 1.93. The topological polar surface area (TPSA) is 89.3 Å². The molecule has 1 aromatic rings. The summed E-state index contributed by atoms with van der Waals surface area (Å²) in [4.78, 5) is 13.6. The first-order valence-corrected chi connectivity index (χ1v) is 10.7. The number of hydrogen-bond donors (Lipinski definition) is 2. The van der Waals surface area contributed by atoms with Gasteiger partial charge < -0.3 is 11.1 Å². The number of nitrogens with one attached hydrogen (secondary N) is 1. The van der Waals surface area contributed by atoms with Crippen molar-refractivity contribution in [2.45, 2.75) is 24.7 Å². The third-order valence-electron chi connectivity index (χ3n) is 3.41. The molecule has 2 rings (SSSR count). The number of ketones is 1. The summed E-state index contributed by atoms with van der Waals surface area (Å²) in [6.07, 6.45) is 3.79. The van der Waals surface area contributed by atoms with Crippen LogP contribution in [0.3, 0.4) is 0 Å². The van der Waals surface area contributed by atoms with Crippen LogP contribution in [0.25, 0.3) is 0 Å². The Morgan fingerprint density at radius 3 is 2.67 bits per heavy atom. The lowest BCUT2D eigenvalue weighted by atomic mass is 10.2. The van der Waals surface area contributed by atoms with E-state index in [-0.39, 0.29) is 23.2 Å². The first kappa shape index (κ1) is 16.6. The number of carbonyl (C=O) groups excluding carboxylic acids is 1. The Hall–Kier alpha value is -0.730. The van der Waals surface area contributed by atoms with Crippen LogP contribution in [0.4, 0.5) is 10.7 Å². The van der Waals surface area contributed by atoms with Crippen LogP contribution in [0, 0.1) is 5.92 Å². The average molecular weight is 349 g/mol. The highest BCUT2D eigenvalue weighted by Crippen LogP contribution is 2.45. The van der Waals surface area contributed by atoms with Crippen molar-refractivity contribution in [3.8, 4) is 0 Å². The van der Waals surface area contributed by atoms with Crippen molar-refractivity contribution in [1.82, 2.24) is 0 Å². The van der Waals surface area contributed by atoms with E-state index in [0.717, 1.165) is 22.7 Å². The number of thioether (sulfide) groups is 1. The van der Waals surface area contributed by atoms with E-state index in [1.54, 1.807) is 6.92 Å². The van der Waals surface area contributed by atoms with E-state index < -0.39 is 9.84 Å². The van der Waals surface area contributed by atoms with Gasteiger partial charge in [0.15, 0.2) is 15.6 Å². The Kier molecular flexibility index (Phi) is 5.21. The van der Waals surface area contributed by atoms with E-state index in [1.807, 2.05) is 6.26 Å². The van der Waals surface area contributed by atoms with Gasteiger partial charge in [0, 0.05) is 18.2 Å². The normalized spacial score (nSPS) is 15.1. The summed E-state index contributed by atoms with van der Waals surface area (Å²) in [5.74, 6) is 0.485. The highest BCUT2D eigenvalue weighted by molar-refractivity contribution is 7.99. The minimum absolute atomic E-state index is 0.0844. The molecule has 0 spiro atoms. The zero-order valence-corrected chi connectivity index (χ0v) is 14.6. The summed E-state index contributed by atoms with van der Waals surface area (Å²) in [5.41, 5.74) is 6.61. The molecule has 0 unspecified atom stereocenters. The molecule has 1 aromatic heterocycles. The smallest absolute Gasteiger partial charge is 0.178 e. The summed E-state index contributed by atoms with van der Waals surface area (Å²) in [6, 6.07) is 0. The van der Waals surface area contributed by atoms with Gasteiger partial charge in [-0.1, -0.05) is 6.92 Å². The van der Waals surface area contributed by atoms with Crippen molar-refractivity contribution in [2.75, 3.05) is 35.4 Å². The van der Waals surface area contributed by atoms with Crippen molar-refractivity contribution in [3.05, 3.63) is 4.88 Å². The Labute approximate surface area is 133 Å². The van der Waals surface area contributed by atoms with Gasteiger partial charge >= 0.3 is 0 Å². The molecule has 5 nitrogen and oxygen atoms in total. The molecule has 0 aromatic carbocycles. The molecule has 0 atom stereocenters. The molecule has 21 heavy (non-hydrogen) atoms. The van der Waals surface area contributed by atoms with E-state index in [9.17, 15) is 13.2 Å². The second kappa shape index (κ2) is 6.58. The lowest BCUT2D eigenvalue weighted by Gasteiger charge is -2.06. The van der Waals surface area contributed by atoms with Crippen molar-refractivity contribution in [2.24, 2.45) is 5.92 Å². The van der Waals surface area contributed by atoms with E-state index in [4.69, 9.17) is 5.73 Å². The van der Waals surface area contributed by atoms with Crippen molar-refractivity contribution in [1.29, 1.82) is 0 Å². The standard InChI is InChI=1S/C13H20N2O3S3/c1-3-21(17,18)7-6-15-13-12(19-2)9(14)11(20-13)10(16)8-4-5-8/h8,15H,3-7,14H2,1-2H3. The van der Waals surface area contributed by atoms with Gasteiger partial charge in [-0.2, -0.15) is 0 Å². The second-order valence-electron chi connectivity index (χ2n) is 5.01. The molecule has 0 aliphatic heterocycles. The van der Waals surface area contributed by atoms with Gasteiger partial charge in [-0.25, -0.2) is 8.42 Å². The number of nitrogen functional groups attached to an aromatic ring is 1. The van der Waals surface area contributed by atoms with E-state index in [2.05, 4.69) is 5.32 Å². The van der Waals surface area contributed by atoms with Gasteiger partial charge in [0.25, 0.3) is 0 Å². The number of rotatable bonds is 8. The maximum atomic E-state index is 12.2. The predicted octanol–water partition coefficient (Wildman–Crippen LogP) is 2.49. The summed E-state index contributed by atoms with van der Waals surface area (Å²) < 4.78 is 23.0. The molecule has 1 heterocycles. The zero-order chi connectivity index (χ0) is 15.6. The van der Waals surface area contributed by atoms with Crippen LogP contribution >= 0.6 is 23.1 Å². The Balaban J connectivity index is 2.11. The van der Waals surface area contributed by atoms with Gasteiger partial charge in [-0.3, -0.25) is 4.79 Å². The molecular formula is C13H20N2O3S3. The predicted molar refractivity (Wildman–Crippen MR) is 90.4 cm³/mol. The van der Waals surface area contributed by atoms with Crippen LogP contribution in [0.1, 0.15) is 29.4 Å². The molecule has 8 heteroatoms. The monoisotopic (exact) mass is 348 g/mol. The van der Waals surface area contributed by atoms with Gasteiger partial charge in [0.1, 0.15) is 5.00 Å². The quantitative estimate of drug-likeness (QED) is 0.554. The molecule has 0 radical (unpaired) electrons. The largest absolute Gasteiger partial charge is 0.396 e. The maximum absolute atomic E-state index is 12.2. The summed E-state index contributed by atoms with van der Waals surface area (Å²) in [6.45, 7) is 1.97. The van der Waals surface area contributed by atoms with Crippen LogP contribution in [-0.2, 0) is 9.84 Å². The second-order valence-corrected chi connectivity index (χ2v) is 9.32. The Bertz CT molecular complexity index is 633. The lowest BCUT2D eigenvalue weighted by Crippen LogP contribution is -2.16. The van der Waals surface area contributed by atoms with Gasteiger partial charge in [-0.15, -0.1) is 23.1 Å². The number of Topliss-reactive ketones (excluding diaryl/α,β-unsaturated/α-hetero) is 1. The summed E-state index contributed by atoms with van der Waals surface area (Å²) >= 11 is 2.82. The summed E-state index contributed by atoms with van der Waals surface area (Å²) in [5, 5.41) is 3.92. The fraction of sp³-hybridized carbons (Fsp3) is 0.615. The van der Waals surface area contributed by atoms with Crippen molar-refractivity contribution < 1.29 is 13.2 Å². The molecule has 1 saturated carbocycles. The molecule has 1 aliphatic rings. The van der Waals surface area contributed by atoms with E-state index in [0.29, 0.717) is 17.1 Å². The number of hydrogen-bond acceptors (Lipinski definition) is 7. The maximum Gasteiger partial charge on any atom is 0.178 e.